The van der Waals surface area contributed by atoms with Gasteiger partial charge in [-0.05, 0) is 34.5 Å². The second-order valence-corrected chi connectivity index (χ2v) is 3.57. The molecule has 0 aliphatic rings. The van der Waals surface area contributed by atoms with E-state index in [1.54, 1.807) is 6.07 Å². The van der Waals surface area contributed by atoms with E-state index in [9.17, 15) is 13.2 Å². The molecule has 0 heterocycles. The van der Waals surface area contributed by atoms with Crippen molar-refractivity contribution >= 4 is 15.9 Å². The minimum Gasteiger partial charge on any atom is -0.495 e. The van der Waals surface area contributed by atoms with E-state index in [0.717, 1.165) is 0 Å². The van der Waals surface area contributed by atoms with Crippen molar-refractivity contribution in [3.8, 4) is 11.5 Å². The lowest BCUT2D eigenvalue weighted by molar-refractivity contribution is -0.275. The number of hydrogen-bond acceptors (Lipinski definition) is 2. The van der Waals surface area contributed by atoms with Crippen molar-refractivity contribution in [1.29, 1.82) is 0 Å². The van der Waals surface area contributed by atoms with Gasteiger partial charge >= 0.3 is 6.36 Å². The fraction of sp³-hybridized carbons (Fsp3) is 0.333. The molecule has 0 amide bonds. The molecule has 2 nitrogen and oxygen atoms in total. The van der Waals surface area contributed by atoms with Crippen molar-refractivity contribution in [2.75, 3.05) is 7.11 Å². The largest absolute Gasteiger partial charge is 0.573 e. The molecule has 0 spiro atoms. The molecule has 84 valence electrons. The third-order valence-corrected chi connectivity index (χ3v) is 2.45. The van der Waals surface area contributed by atoms with E-state index in [2.05, 4.69) is 20.7 Å². The van der Waals surface area contributed by atoms with Crippen LogP contribution in [0.25, 0.3) is 0 Å². The molecule has 0 atom stereocenters. The van der Waals surface area contributed by atoms with Crippen molar-refractivity contribution in [2.45, 2.75) is 13.3 Å². The van der Waals surface area contributed by atoms with Gasteiger partial charge in [-0.1, -0.05) is 6.07 Å². The van der Waals surface area contributed by atoms with Gasteiger partial charge in [-0.15, -0.1) is 13.2 Å². The number of hydrogen-bond donors (Lipinski definition) is 0. The van der Waals surface area contributed by atoms with Gasteiger partial charge in [-0.2, -0.15) is 0 Å². The summed E-state index contributed by atoms with van der Waals surface area (Å²) in [5.41, 5.74) is 0.375. The van der Waals surface area contributed by atoms with E-state index in [1.165, 1.54) is 20.1 Å². The Morgan fingerprint density at radius 1 is 1.27 bits per heavy atom. The van der Waals surface area contributed by atoms with Crippen LogP contribution in [0.3, 0.4) is 0 Å². The summed E-state index contributed by atoms with van der Waals surface area (Å²) >= 11 is 2.99. The van der Waals surface area contributed by atoms with Crippen LogP contribution >= 0.6 is 15.9 Å². The third-order valence-electron chi connectivity index (χ3n) is 1.70. The summed E-state index contributed by atoms with van der Waals surface area (Å²) in [5, 5.41) is 0. The Bertz CT molecular complexity index is 363. The summed E-state index contributed by atoms with van der Waals surface area (Å²) < 4.78 is 45.1. The zero-order chi connectivity index (χ0) is 11.6. The number of ether oxygens (including phenoxy) is 2. The van der Waals surface area contributed by atoms with Gasteiger partial charge < -0.3 is 9.47 Å². The highest BCUT2D eigenvalue weighted by molar-refractivity contribution is 9.10. The summed E-state index contributed by atoms with van der Waals surface area (Å²) in [6, 6.07) is 3.05. The first-order valence-electron chi connectivity index (χ1n) is 3.94. The summed E-state index contributed by atoms with van der Waals surface area (Å²) in [5.74, 6) is 0.0155. The number of alkyl halides is 3. The Balaban J connectivity index is 3.15. The van der Waals surface area contributed by atoms with E-state index in [1.807, 2.05) is 0 Å². The van der Waals surface area contributed by atoms with E-state index in [-0.39, 0.29) is 10.2 Å². The van der Waals surface area contributed by atoms with Crippen molar-refractivity contribution in [1.82, 2.24) is 0 Å². The quantitative estimate of drug-likeness (QED) is 0.825. The van der Waals surface area contributed by atoms with Crippen LogP contribution in [0.2, 0.25) is 0 Å². The first kappa shape index (κ1) is 12.2. The van der Waals surface area contributed by atoms with E-state index in [4.69, 9.17) is 4.74 Å². The molecule has 0 saturated carbocycles. The molecular formula is C9H8BrF3O2. The molecule has 0 unspecified atom stereocenters. The molecule has 0 aliphatic carbocycles. The summed E-state index contributed by atoms with van der Waals surface area (Å²) in [6.45, 7) is 1.52. The average molecular weight is 285 g/mol. The first-order chi connectivity index (χ1) is 6.85. The van der Waals surface area contributed by atoms with Crippen LogP contribution in [0.4, 0.5) is 13.2 Å². The van der Waals surface area contributed by atoms with Crippen LogP contribution in [0.5, 0.6) is 11.5 Å². The van der Waals surface area contributed by atoms with Crippen LogP contribution in [-0.2, 0) is 0 Å². The number of methoxy groups -OCH3 is 1. The van der Waals surface area contributed by atoms with Gasteiger partial charge in [0.25, 0.3) is 0 Å². The molecule has 0 aliphatic heterocycles. The summed E-state index contributed by atoms with van der Waals surface area (Å²) in [6.07, 6.45) is -4.71. The van der Waals surface area contributed by atoms with Crippen molar-refractivity contribution in [3.63, 3.8) is 0 Å². The predicted molar refractivity (Wildman–Crippen MR) is 52.1 cm³/mol. The zero-order valence-electron chi connectivity index (χ0n) is 7.98. The van der Waals surface area contributed by atoms with Gasteiger partial charge in [-0.25, -0.2) is 0 Å². The maximum absolute atomic E-state index is 12.1. The van der Waals surface area contributed by atoms with Crippen molar-refractivity contribution < 1.29 is 22.6 Å². The van der Waals surface area contributed by atoms with Gasteiger partial charge in [0.2, 0.25) is 0 Å². The van der Waals surface area contributed by atoms with Gasteiger partial charge in [0.15, 0.2) is 0 Å². The number of rotatable bonds is 2. The van der Waals surface area contributed by atoms with Gasteiger partial charge in [0.05, 0.1) is 7.11 Å². The maximum Gasteiger partial charge on any atom is 0.573 e. The van der Waals surface area contributed by atoms with Gasteiger partial charge in [0, 0.05) is 0 Å². The van der Waals surface area contributed by atoms with Crippen molar-refractivity contribution in [3.05, 3.63) is 22.2 Å². The second-order valence-electron chi connectivity index (χ2n) is 2.78. The highest BCUT2D eigenvalue weighted by atomic mass is 79.9. The Kier molecular flexibility index (Phi) is 3.49. The maximum atomic E-state index is 12.1. The minimum atomic E-state index is -4.71. The fourth-order valence-electron chi connectivity index (χ4n) is 1.03. The van der Waals surface area contributed by atoms with Crippen LogP contribution in [0.15, 0.2) is 16.6 Å². The molecular weight excluding hydrogens is 277 g/mol. The van der Waals surface area contributed by atoms with E-state index < -0.39 is 6.36 Å². The molecule has 0 bridgehead atoms. The lowest BCUT2D eigenvalue weighted by Crippen LogP contribution is -2.18. The topological polar surface area (TPSA) is 18.5 Å². The Hall–Kier alpha value is -0.910. The van der Waals surface area contributed by atoms with Gasteiger partial charge in [0.1, 0.15) is 16.0 Å². The highest BCUT2D eigenvalue weighted by Gasteiger charge is 2.33. The monoisotopic (exact) mass is 284 g/mol. The smallest absolute Gasteiger partial charge is 0.495 e. The fourth-order valence-corrected chi connectivity index (χ4v) is 1.72. The molecule has 0 N–H and O–H groups in total. The Morgan fingerprint density at radius 3 is 2.33 bits per heavy atom. The predicted octanol–water partition coefficient (Wildman–Crippen LogP) is 3.66. The van der Waals surface area contributed by atoms with E-state index >= 15 is 0 Å². The number of aryl methyl sites for hydroxylation is 1. The van der Waals surface area contributed by atoms with E-state index in [0.29, 0.717) is 11.3 Å². The first-order valence-corrected chi connectivity index (χ1v) is 4.73. The molecule has 6 heteroatoms. The molecule has 0 saturated heterocycles. The second kappa shape index (κ2) is 4.30. The Morgan fingerprint density at radius 2 is 1.87 bits per heavy atom. The molecule has 0 fully saturated rings. The van der Waals surface area contributed by atoms with Crippen LogP contribution in [0.1, 0.15) is 5.56 Å². The molecule has 15 heavy (non-hydrogen) atoms. The lowest BCUT2D eigenvalue weighted by Gasteiger charge is -2.14. The summed E-state index contributed by atoms with van der Waals surface area (Å²) in [4.78, 5) is 0. The molecule has 1 rings (SSSR count). The summed E-state index contributed by atoms with van der Waals surface area (Å²) in [7, 11) is 1.37. The van der Waals surface area contributed by atoms with Crippen LogP contribution < -0.4 is 9.47 Å². The average Bonchev–Trinajstić information content (AvgIpc) is 2.11. The normalized spacial score (nSPS) is 11.3. The van der Waals surface area contributed by atoms with Gasteiger partial charge in [-0.3, -0.25) is 0 Å². The number of benzene rings is 1. The van der Waals surface area contributed by atoms with Crippen molar-refractivity contribution in [2.24, 2.45) is 0 Å². The highest BCUT2D eigenvalue weighted by Crippen LogP contribution is 2.39. The standard InChI is InChI=1S/C9H8BrF3O2/c1-5-3-4-6(14-2)7(10)8(5)15-9(11,12)13/h3-4H,1-2H3. The molecule has 0 radical (unpaired) electrons. The van der Waals surface area contributed by atoms with Crippen LogP contribution in [0, 0.1) is 6.92 Å². The molecule has 1 aromatic carbocycles. The lowest BCUT2D eigenvalue weighted by atomic mass is 10.2. The van der Waals surface area contributed by atoms with Crippen LogP contribution in [-0.4, -0.2) is 13.5 Å². The number of halogens is 4. The Labute approximate surface area is 93.1 Å². The zero-order valence-corrected chi connectivity index (χ0v) is 9.57. The minimum absolute atomic E-state index is 0.155. The third kappa shape index (κ3) is 3.02. The molecule has 0 aromatic heterocycles. The SMILES string of the molecule is COc1ccc(C)c(OC(F)(F)F)c1Br. The molecule has 1 aromatic rings.